The summed E-state index contributed by atoms with van der Waals surface area (Å²) in [7, 11) is 1.63. The summed E-state index contributed by atoms with van der Waals surface area (Å²) in [6, 6.07) is 13.2. The lowest BCUT2D eigenvalue weighted by Crippen LogP contribution is -2.14. The number of benzene rings is 2. The molecule has 22 heavy (non-hydrogen) atoms. The van der Waals surface area contributed by atoms with Gasteiger partial charge in [0.15, 0.2) is 0 Å². The maximum Gasteiger partial charge on any atom is 0.223 e. The molecular weight excluding hydrogens is 298 g/mol. The molecule has 4 nitrogen and oxygen atoms in total. The smallest absolute Gasteiger partial charge is 0.223 e. The summed E-state index contributed by atoms with van der Waals surface area (Å²) < 4.78 is 5.17. The first-order valence-electron chi connectivity index (χ1n) is 6.92. The van der Waals surface area contributed by atoms with Gasteiger partial charge in [-0.1, -0.05) is 23.8 Å². The van der Waals surface area contributed by atoms with E-state index < -0.39 is 0 Å². The van der Waals surface area contributed by atoms with Crippen molar-refractivity contribution in [1.29, 1.82) is 0 Å². The maximum atomic E-state index is 6.40. The minimum atomic E-state index is -0.379. The minimum absolute atomic E-state index is 0.204. The average molecular weight is 314 g/mol. The molecule has 0 fully saturated rings. The fourth-order valence-corrected chi connectivity index (χ4v) is 2.62. The Morgan fingerprint density at radius 1 is 1.09 bits per heavy atom. The molecule has 2 aromatic carbocycles. The van der Waals surface area contributed by atoms with Crippen molar-refractivity contribution in [3.8, 4) is 5.75 Å². The molecule has 0 aliphatic rings. The number of methoxy groups -OCH3 is 1. The zero-order valence-electron chi connectivity index (χ0n) is 12.4. The Morgan fingerprint density at radius 3 is 2.50 bits per heavy atom. The third kappa shape index (κ3) is 2.75. The van der Waals surface area contributed by atoms with Gasteiger partial charge in [-0.05, 0) is 48.4 Å². The van der Waals surface area contributed by atoms with Gasteiger partial charge >= 0.3 is 0 Å². The van der Waals surface area contributed by atoms with E-state index in [2.05, 4.69) is 9.97 Å². The predicted octanol–water partition coefficient (Wildman–Crippen LogP) is 3.65. The van der Waals surface area contributed by atoms with Crippen molar-refractivity contribution in [2.75, 3.05) is 7.11 Å². The van der Waals surface area contributed by atoms with Crippen LogP contribution in [0.2, 0.25) is 5.28 Å². The van der Waals surface area contributed by atoms with Crippen molar-refractivity contribution in [2.45, 2.75) is 13.0 Å². The van der Waals surface area contributed by atoms with Crippen LogP contribution in [0, 0.1) is 6.92 Å². The van der Waals surface area contributed by atoms with Crippen LogP contribution in [0.25, 0.3) is 10.9 Å². The number of halogens is 1. The largest absolute Gasteiger partial charge is 0.497 e. The molecular formula is C17H16ClN3O. The van der Waals surface area contributed by atoms with Crippen LogP contribution in [-0.2, 0) is 0 Å². The molecule has 5 heteroatoms. The van der Waals surface area contributed by atoms with Crippen molar-refractivity contribution in [1.82, 2.24) is 9.97 Å². The Balaban J connectivity index is 2.12. The van der Waals surface area contributed by atoms with Crippen LogP contribution in [0.15, 0.2) is 42.5 Å². The first kappa shape index (κ1) is 14.8. The SMILES string of the molecule is COc1ccc(C(N)c2nc(Cl)nc3ccc(C)cc23)cc1. The van der Waals surface area contributed by atoms with E-state index in [0.717, 1.165) is 33.5 Å². The van der Waals surface area contributed by atoms with Crippen molar-refractivity contribution >= 4 is 22.5 Å². The van der Waals surface area contributed by atoms with Crippen LogP contribution in [0.5, 0.6) is 5.75 Å². The topological polar surface area (TPSA) is 61.0 Å². The number of aromatic nitrogens is 2. The average Bonchev–Trinajstić information content (AvgIpc) is 2.54. The summed E-state index contributed by atoms with van der Waals surface area (Å²) in [5.41, 5.74) is 9.99. The normalized spacial score (nSPS) is 12.4. The monoisotopic (exact) mass is 313 g/mol. The Labute approximate surface area is 133 Å². The molecule has 0 aliphatic carbocycles. The number of fused-ring (bicyclic) bond motifs is 1. The molecule has 1 heterocycles. The molecule has 0 saturated heterocycles. The minimum Gasteiger partial charge on any atom is -0.497 e. The summed E-state index contributed by atoms with van der Waals surface area (Å²) in [5.74, 6) is 0.789. The third-order valence-corrected chi connectivity index (χ3v) is 3.79. The van der Waals surface area contributed by atoms with Crippen LogP contribution >= 0.6 is 11.6 Å². The van der Waals surface area contributed by atoms with E-state index in [0.29, 0.717) is 0 Å². The van der Waals surface area contributed by atoms with Gasteiger partial charge in [-0.2, -0.15) is 0 Å². The van der Waals surface area contributed by atoms with Crippen molar-refractivity contribution < 1.29 is 4.74 Å². The van der Waals surface area contributed by atoms with Crippen LogP contribution < -0.4 is 10.5 Å². The summed E-state index contributed by atoms with van der Waals surface area (Å²) in [4.78, 5) is 8.62. The van der Waals surface area contributed by atoms with E-state index in [4.69, 9.17) is 22.1 Å². The van der Waals surface area contributed by atoms with Gasteiger partial charge in [0.1, 0.15) is 5.75 Å². The summed E-state index contributed by atoms with van der Waals surface area (Å²) in [5, 5.41) is 1.13. The van der Waals surface area contributed by atoms with Crippen LogP contribution in [0.4, 0.5) is 0 Å². The summed E-state index contributed by atoms with van der Waals surface area (Å²) in [6.45, 7) is 2.02. The molecule has 0 radical (unpaired) electrons. The summed E-state index contributed by atoms with van der Waals surface area (Å²) >= 11 is 6.05. The van der Waals surface area contributed by atoms with Crippen LogP contribution in [0.1, 0.15) is 22.9 Å². The van der Waals surface area contributed by atoms with E-state index in [1.165, 1.54) is 0 Å². The number of aryl methyl sites for hydroxylation is 1. The fourth-order valence-electron chi connectivity index (χ4n) is 2.44. The molecule has 1 unspecified atom stereocenters. The second-order valence-corrected chi connectivity index (χ2v) is 5.49. The number of hydrogen-bond acceptors (Lipinski definition) is 4. The van der Waals surface area contributed by atoms with Crippen molar-refractivity contribution in [3.63, 3.8) is 0 Å². The van der Waals surface area contributed by atoms with Gasteiger partial charge in [-0.3, -0.25) is 0 Å². The third-order valence-electron chi connectivity index (χ3n) is 3.62. The first-order valence-corrected chi connectivity index (χ1v) is 7.29. The zero-order chi connectivity index (χ0) is 15.7. The number of rotatable bonds is 3. The molecule has 2 N–H and O–H groups in total. The van der Waals surface area contributed by atoms with Gasteiger partial charge in [-0.15, -0.1) is 0 Å². The van der Waals surface area contributed by atoms with Crippen LogP contribution in [-0.4, -0.2) is 17.1 Å². The Bertz CT molecular complexity index is 818. The second kappa shape index (κ2) is 5.91. The lowest BCUT2D eigenvalue weighted by molar-refractivity contribution is 0.414. The molecule has 0 aliphatic heterocycles. The van der Waals surface area contributed by atoms with Crippen LogP contribution in [0.3, 0.4) is 0 Å². The molecule has 3 rings (SSSR count). The highest BCUT2D eigenvalue weighted by molar-refractivity contribution is 6.28. The molecule has 3 aromatic rings. The Morgan fingerprint density at radius 2 is 1.82 bits per heavy atom. The van der Waals surface area contributed by atoms with Gasteiger partial charge in [0.05, 0.1) is 24.4 Å². The lowest BCUT2D eigenvalue weighted by Gasteiger charge is -2.15. The number of hydrogen-bond donors (Lipinski definition) is 1. The van der Waals surface area contributed by atoms with Crippen molar-refractivity contribution in [2.24, 2.45) is 5.73 Å². The van der Waals surface area contributed by atoms with Gasteiger partial charge in [0.2, 0.25) is 5.28 Å². The Kier molecular flexibility index (Phi) is 3.96. The highest BCUT2D eigenvalue weighted by atomic mass is 35.5. The fraction of sp³-hybridized carbons (Fsp3) is 0.176. The number of ether oxygens (including phenoxy) is 1. The lowest BCUT2D eigenvalue weighted by atomic mass is 10.00. The molecule has 0 saturated carbocycles. The standard InChI is InChI=1S/C17H16ClN3O/c1-10-3-8-14-13(9-10)16(21-17(18)20-14)15(19)11-4-6-12(22-2)7-5-11/h3-9,15H,19H2,1-2H3. The molecule has 0 amide bonds. The van der Waals surface area contributed by atoms with E-state index >= 15 is 0 Å². The Hall–Kier alpha value is -2.17. The predicted molar refractivity (Wildman–Crippen MR) is 88.3 cm³/mol. The maximum absolute atomic E-state index is 6.40. The number of nitrogens with zero attached hydrogens (tertiary/aromatic N) is 2. The quantitative estimate of drug-likeness (QED) is 0.750. The van der Waals surface area contributed by atoms with E-state index in [-0.39, 0.29) is 11.3 Å². The summed E-state index contributed by atoms with van der Waals surface area (Å²) in [6.07, 6.45) is 0. The second-order valence-electron chi connectivity index (χ2n) is 5.15. The van der Waals surface area contributed by atoms with Gasteiger partial charge in [0.25, 0.3) is 0 Å². The van der Waals surface area contributed by atoms with E-state index in [1.807, 2.05) is 49.4 Å². The highest BCUT2D eigenvalue weighted by Crippen LogP contribution is 2.28. The molecule has 1 atom stereocenters. The number of nitrogens with two attached hydrogens (primary N) is 1. The van der Waals surface area contributed by atoms with Gasteiger partial charge in [0, 0.05) is 5.39 Å². The van der Waals surface area contributed by atoms with E-state index in [1.54, 1.807) is 7.11 Å². The van der Waals surface area contributed by atoms with Crippen molar-refractivity contribution in [3.05, 3.63) is 64.6 Å². The van der Waals surface area contributed by atoms with Gasteiger partial charge in [-0.25, -0.2) is 9.97 Å². The molecule has 1 aromatic heterocycles. The first-order chi connectivity index (χ1) is 10.6. The molecule has 0 spiro atoms. The van der Waals surface area contributed by atoms with Gasteiger partial charge < -0.3 is 10.5 Å². The molecule has 112 valence electrons. The highest BCUT2D eigenvalue weighted by Gasteiger charge is 2.16. The zero-order valence-corrected chi connectivity index (χ0v) is 13.1. The molecule has 0 bridgehead atoms. The van der Waals surface area contributed by atoms with E-state index in [9.17, 15) is 0 Å².